The van der Waals surface area contributed by atoms with Gasteiger partial charge in [-0.3, -0.25) is 4.98 Å². The third-order valence-electron chi connectivity index (χ3n) is 5.33. The number of benzene rings is 1. The molecule has 0 saturated heterocycles. The van der Waals surface area contributed by atoms with Crippen LogP contribution in [0, 0.1) is 18.8 Å². The first-order chi connectivity index (χ1) is 14.2. The first-order valence-corrected chi connectivity index (χ1v) is 10.00. The summed E-state index contributed by atoms with van der Waals surface area (Å²) in [5.74, 6) is 6.49. The Balaban J connectivity index is 1.56. The molecular weight excluding hydrogens is 380 g/mol. The molecule has 5 rings (SSSR count). The van der Waals surface area contributed by atoms with E-state index in [9.17, 15) is 0 Å². The van der Waals surface area contributed by atoms with Crippen LogP contribution in [0.1, 0.15) is 27.9 Å². The normalized spacial score (nSPS) is 13.0. The Labute approximate surface area is 174 Å². The van der Waals surface area contributed by atoms with Gasteiger partial charge in [0, 0.05) is 47.2 Å². The zero-order valence-electron chi connectivity index (χ0n) is 16.0. The molecule has 0 spiro atoms. The highest BCUT2D eigenvalue weighted by Gasteiger charge is 2.12. The van der Waals surface area contributed by atoms with E-state index < -0.39 is 0 Å². The van der Waals surface area contributed by atoms with E-state index in [2.05, 4.69) is 44.2 Å². The number of hydrogen-bond donors (Lipinski definition) is 2. The number of halogens is 1. The highest BCUT2D eigenvalue weighted by Crippen LogP contribution is 2.26. The maximum atomic E-state index is 6.32. The third kappa shape index (κ3) is 3.40. The van der Waals surface area contributed by atoms with Crippen molar-refractivity contribution in [2.24, 2.45) is 0 Å². The molecule has 4 aromatic rings. The number of aromatic nitrogens is 3. The quantitative estimate of drug-likeness (QED) is 0.459. The molecule has 29 heavy (non-hydrogen) atoms. The average molecular weight is 399 g/mol. The van der Waals surface area contributed by atoms with E-state index >= 15 is 0 Å². The largest absolute Gasteiger partial charge is 0.345 e. The van der Waals surface area contributed by atoms with Gasteiger partial charge < -0.3 is 10.3 Å². The van der Waals surface area contributed by atoms with Gasteiger partial charge in [0.2, 0.25) is 0 Å². The van der Waals surface area contributed by atoms with Crippen molar-refractivity contribution in [2.45, 2.75) is 19.9 Å². The number of nitrogens with one attached hydrogen (secondary N) is 2. The molecule has 0 atom stereocenters. The molecule has 0 saturated carbocycles. The molecule has 0 unspecified atom stereocenters. The van der Waals surface area contributed by atoms with E-state index in [0.29, 0.717) is 5.02 Å². The van der Waals surface area contributed by atoms with Crippen LogP contribution in [0.5, 0.6) is 0 Å². The monoisotopic (exact) mass is 398 g/mol. The highest BCUT2D eigenvalue weighted by atomic mass is 35.5. The van der Waals surface area contributed by atoms with E-state index in [-0.39, 0.29) is 0 Å². The molecule has 2 N–H and O–H groups in total. The van der Waals surface area contributed by atoms with E-state index in [1.807, 2.05) is 43.7 Å². The Morgan fingerprint density at radius 1 is 1.07 bits per heavy atom. The van der Waals surface area contributed by atoms with Crippen LogP contribution in [0.4, 0.5) is 0 Å². The van der Waals surface area contributed by atoms with Crippen molar-refractivity contribution in [1.82, 2.24) is 20.3 Å². The van der Waals surface area contributed by atoms with Gasteiger partial charge >= 0.3 is 0 Å². The Bertz CT molecular complexity index is 1270. The molecule has 4 nitrogen and oxygen atoms in total. The van der Waals surface area contributed by atoms with Crippen molar-refractivity contribution in [3.8, 4) is 23.0 Å². The SMILES string of the molecule is Cc1cccc(Cl)c1C#Cc1c[nH]c2ncc(-c3cnc4c(c3)CCNC4)cc12. The molecule has 4 heterocycles. The molecule has 142 valence electrons. The Hall–Kier alpha value is -3.13. The summed E-state index contributed by atoms with van der Waals surface area (Å²) >= 11 is 6.32. The molecular formula is C24H19ClN4. The Kier molecular flexibility index (Phi) is 4.55. The number of aromatic amines is 1. The second kappa shape index (κ2) is 7.36. The molecule has 0 bridgehead atoms. The van der Waals surface area contributed by atoms with Gasteiger partial charge in [-0.05, 0) is 49.2 Å². The maximum absolute atomic E-state index is 6.32. The molecule has 1 aliphatic rings. The summed E-state index contributed by atoms with van der Waals surface area (Å²) in [5, 5.41) is 5.03. The highest BCUT2D eigenvalue weighted by molar-refractivity contribution is 6.31. The van der Waals surface area contributed by atoms with E-state index in [4.69, 9.17) is 11.6 Å². The number of fused-ring (bicyclic) bond motifs is 2. The fourth-order valence-corrected chi connectivity index (χ4v) is 3.96. The van der Waals surface area contributed by atoms with Gasteiger partial charge in [-0.15, -0.1) is 0 Å². The maximum Gasteiger partial charge on any atom is 0.138 e. The lowest BCUT2D eigenvalue weighted by Crippen LogP contribution is -2.24. The molecule has 1 aromatic carbocycles. The summed E-state index contributed by atoms with van der Waals surface area (Å²) in [6, 6.07) is 10.2. The predicted molar refractivity (Wildman–Crippen MR) is 117 cm³/mol. The van der Waals surface area contributed by atoms with Crippen LogP contribution >= 0.6 is 11.6 Å². The van der Waals surface area contributed by atoms with Crippen LogP contribution in [-0.4, -0.2) is 21.5 Å². The minimum atomic E-state index is 0.672. The van der Waals surface area contributed by atoms with E-state index in [1.165, 1.54) is 5.56 Å². The lowest BCUT2D eigenvalue weighted by molar-refractivity contribution is 0.627. The first-order valence-electron chi connectivity index (χ1n) is 9.62. The van der Waals surface area contributed by atoms with Crippen molar-refractivity contribution >= 4 is 22.6 Å². The van der Waals surface area contributed by atoms with Gasteiger partial charge in [0.25, 0.3) is 0 Å². The van der Waals surface area contributed by atoms with Crippen LogP contribution < -0.4 is 5.32 Å². The van der Waals surface area contributed by atoms with Gasteiger partial charge in [-0.1, -0.05) is 35.6 Å². The molecule has 0 fully saturated rings. The smallest absolute Gasteiger partial charge is 0.138 e. The van der Waals surface area contributed by atoms with Crippen LogP contribution in [0.25, 0.3) is 22.2 Å². The number of H-pyrrole nitrogens is 1. The summed E-state index contributed by atoms with van der Waals surface area (Å²) in [6.45, 7) is 3.85. The van der Waals surface area contributed by atoms with Gasteiger partial charge in [0.05, 0.1) is 16.3 Å². The van der Waals surface area contributed by atoms with Crippen LogP contribution in [0.3, 0.4) is 0 Å². The van der Waals surface area contributed by atoms with Crippen molar-refractivity contribution in [2.75, 3.05) is 6.54 Å². The fourth-order valence-electron chi connectivity index (χ4n) is 3.69. The first kappa shape index (κ1) is 17.9. The molecule has 0 aliphatic carbocycles. The van der Waals surface area contributed by atoms with Crippen molar-refractivity contribution in [1.29, 1.82) is 0 Å². The lowest BCUT2D eigenvalue weighted by atomic mass is 10.0. The molecule has 3 aromatic heterocycles. The summed E-state index contributed by atoms with van der Waals surface area (Å²) in [6.07, 6.45) is 6.72. The molecule has 5 heteroatoms. The topological polar surface area (TPSA) is 53.6 Å². The van der Waals surface area contributed by atoms with Crippen molar-refractivity contribution < 1.29 is 0 Å². The zero-order chi connectivity index (χ0) is 19.8. The number of pyridine rings is 2. The Morgan fingerprint density at radius 2 is 1.93 bits per heavy atom. The van der Waals surface area contributed by atoms with Crippen molar-refractivity contribution in [3.63, 3.8) is 0 Å². The van der Waals surface area contributed by atoms with E-state index in [0.717, 1.165) is 64.1 Å². The van der Waals surface area contributed by atoms with Gasteiger partial charge in [0.15, 0.2) is 0 Å². The predicted octanol–water partition coefficient (Wildman–Crippen LogP) is 4.63. The van der Waals surface area contributed by atoms with Crippen LogP contribution in [0.2, 0.25) is 5.02 Å². The fraction of sp³-hybridized carbons (Fsp3) is 0.167. The van der Waals surface area contributed by atoms with E-state index in [1.54, 1.807) is 0 Å². The number of rotatable bonds is 1. The van der Waals surface area contributed by atoms with Gasteiger partial charge in [-0.25, -0.2) is 4.98 Å². The lowest BCUT2D eigenvalue weighted by Gasteiger charge is -2.16. The Morgan fingerprint density at radius 3 is 2.83 bits per heavy atom. The molecule has 1 aliphatic heterocycles. The summed E-state index contributed by atoms with van der Waals surface area (Å²) < 4.78 is 0. The van der Waals surface area contributed by atoms with Crippen molar-refractivity contribution in [3.05, 3.63) is 81.9 Å². The van der Waals surface area contributed by atoms with Crippen LogP contribution in [0.15, 0.2) is 48.9 Å². The second-order valence-electron chi connectivity index (χ2n) is 7.26. The summed E-state index contributed by atoms with van der Waals surface area (Å²) in [5.41, 5.74) is 8.23. The van der Waals surface area contributed by atoms with Crippen LogP contribution in [-0.2, 0) is 13.0 Å². The summed E-state index contributed by atoms with van der Waals surface area (Å²) in [4.78, 5) is 12.4. The third-order valence-corrected chi connectivity index (χ3v) is 5.65. The molecule has 0 amide bonds. The number of hydrogen-bond acceptors (Lipinski definition) is 3. The number of nitrogens with zero attached hydrogens (tertiary/aromatic N) is 2. The minimum absolute atomic E-state index is 0.672. The number of aryl methyl sites for hydroxylation is 1. The average Bonchev–Trinajstić information content (AvgIpc) is 3.15. The molecule has 0 radical (unpaired) electrons. The zero-order valence-corrected chi connectivity index (χ0v) is 16.8. The minimum Gasteiger partial charge on any atom is -0.345 e. The van der Waals surface area contributed by atoms with Gasteiger partial charge in [-0.2, -0.15) is 0 Å². The summed E-state index contributed by atoms with van der Waals surface area (Å²) in [7, 11) is 0. The van der Waals surface area contributed by atoms with Gasteiger partial charge in [0.1, 0.15) is 5.65 Å². The standard InChI is InChI=1S/C24H19ClN4/c1-15-3-2-4-22(25)20(15)6-5-17-11-28-24-21(17)10-19(13-29-24)18-9-16-7-8-26-14-23(16)27-12-18/h2-4,9-13,26H,7-8,14H2,1H3,(H,28,29). The second-order valence-corrected chi connectivity index (χ2v) is 7.67.